The van der Waals surface area contributed by atoms with Crippen LogP contribution in [0.1, 0.15) is 24.9 Å². The van der Waals surface area contributed by atoms with Gasteiger partial charge in [-0.3, -0.25) is 4.79 Å². The summed E-state index contributed by atoms with van der Waals surface area (Å²) in [6, 6.07) is 8.30. The lowest BCUT2D eigenvalue weighted by Crippen LogP contribution is -2.35. The van der Waals surface area contributed by atoms with Crippen molar-refractivity contribution in [3.05, 3.63) is 34.3 Å². The third-order valence-electron chi connectivity index (χ3n) is 2.69. The molecule has 0 bridgehead atoms. The highest BCUT2D eigenvalue weighted by Crippen LogP contribution is 2.24. The van der Waals surface area contributed by atoms with E-state index in [0.717, 1.165) is 10.9 Å². The molecule has 0 aromatic heterocycles. The van der Waals surface area contributed by atoms with E-state index in [1.807, 2.05) is 18.2 Å². The Bertz CT molecular complexity index is 379. The topological polar surface area (TPSA) is 32.3 Å². The molecule has 0 heterocycles. The highest BCUT2D eigenvalue weighted by Gasteiger charge is 2.13. The first kappa shape index (κ1) is 14.2. The Morgan fingerprint density at radius 1 is 1.41 bits per heavy atom. The van der Waals surface area contributed by atoms with Crippen LogP contribution in [0.5, 0.6) is 0 Å². The van der Waals surface area contributed by atoms with Crippen molar-refractivity contribution in [2.45, 2.75) is 19.4 Å². The number of likely N-dealkylation sites (N-methyl/N-ethyl adjacent to an activating group) is 1. The van der Waals surface area contributed by atoms with E-state index in [1.165, 1.54) is 5.56 Å². The van der Waals surface area contributed by atoms with Crippen LogP contribution in [0, 0.1) is 0 Å². The van der Waals surface area contributed by atoms with E-state index >= 15 is 0 Å². The fourth-order valence-corrected chi connectivity index (χ4v) is 2.16. The van der Waals surface area contributed by atoms with E-state index in [1.54, 1.807) is 19.0 Å². The van der Waals surface area contributed by atoms with E-state index in [2.05, 4.69) is 34.2 Å². The molecule has 1 amide bonds. The molecule has 0 aliphatic rings. The highest BCUT2D eigenvalue weighted by atomic mass is 79.9. The number of carbonyl (C=O) groups is 1. The second-order valence-electron chi connectivity index (χ2n) is 4.15. The van der Waals surface area contributed by atoms with Gasteiger partial charge in [-0.15, -0.1) is 0 Å². The van der Waals surface area contributed by atoms with Gasteiger partial charge in [-0.05, 0) is 18.1 Å². The van der Waals surface area contributed by atoms with Gasteiger partial charge >= 0.3 is 0 Å². The summed E-state index contributed by atoms with van der Waals surface area (Å²) in [5, 5.41) is 3.29. The molecule has 0 saturated heterocycles. The maximum atomic E-state index is 11.5. The van der Waals surface area contributed by atoms with E-state index < -0.39 is 0 Å². The smallest absolute Gasteiger partial charge is 0.236 e. The highest BCUT2D eigenvalue weighted by molar-refractivity contribution is 9.10. The lowest BCUT2D eigenvalue weighted by Gasteiger charge is -2.20. The number of hydrogen-bond donors (Lipinski definition) is 1. The first-order valence-corrected chi connectivity index (χ1v) is 6.53. The Balaban J connectivity index is 2.67. The minimum atomic E-state index is 0.0931. The molecule has 17 heavy (non-hydrogen) atoms. The zero-order valence-electron chi connectivity index (χ0n) is 10.5. The summed E-state index contributed by atoms with van der Waals surface area (Å²) in [6.07, 6.45) is 0.948. The second kappa shape index (κ2) is 6.77. The van der Waals surface area contributed by atoms with Crippen molar-refractivity contribution in [1.29, 1.82) is 0 Å². The van der Waals surface area contributed by atoms with Crippen molar-refractivity contribution in [1.82, 2.24) is 10.2 Å². The number of nitrogens with zero attached hydrogens (tertiary/aromatic N) is 1. The van der Waals surface area contributed by atoms with Crippen molar-refractivity contribution in [2.75, 3.05) is 20.6 Å². The van der Waals surface area contributed by atoms with Gasteiger partial charge in [0.15, 0.2) is 0 Å². The average molecular weight is 299 g/mol. The Kier molecular flexibility index (Phi) is 5.65. The van der Waals surface area contributed by atoms with Gasteiger partial charge in [-0.25, -0.2) is 0 Å². The maximum absolute atomic E-state index is 11.5. The van der Waals surface area contributed by atoms with Gasteiger partial charge in [0.1, 0.15) is 0 Å². The predicted molar refractivity (Wildman–Crippen MR) is 73.9 cm³/mol. The van der Waals surface area contributed by atoms with E-state index in [9.17, 15) is 4.79 Å². The number of carbonyl (C=O) groups excluding carboxylic acids is 1. The van der Waals surface area contributed by atoms with Gasteiger partial charge in [0.2, 0.25) is 5.91 Å². The maximum Gasteiger partial charge on any atom is 0.236 e. The molecule has 4 heteroatoms. The van der Waals surface area contributed by atoms with E-state index in [0.29, 0.717) is 6.54 Å². The summed E-state index contributed by atoms with van der Waals surface area (Å²) in [5.74, 6) is 0.0931. The molecule has 94 valence electrons. The van der Waals surface area contributed by atoms with Crippen molar-refractivity contribution >= 4 is 21.8 Å². The summed E-state index contributed by atoms with van der Waals surface area (Å²) in [5.41, 5.74) is 1.20. The summed E-state index contributed by atoms with van der Waals surface area (Å²) in [6.45, 7) is 2.48. The largest absolute Gasteiger partial charge is 0.348 e. The van der Waals surface area contributed by atoms with Gasteiger partial charge < -0.3 is 10.2 Å². The van der Waals surface area contributed by atoms with Gasteiger partial charge in [0, 0.05) is 24.6 Å². The Hall–Kier alpha value is -0.870. The van der Waals surface area contributed by atoms with Gasteiger partial charge in [0.05, 0.1) is 6.54 Å². The monoisotopic (exact) mass is 298 g/mol. The van der Waals surface area contributed by atoms with Crippen molar-refractivity contribution in [2.24, 2.45) is 0 Å². The number of nitrogens with one attached hydrogen (secondary N) is 1. The third-order valence-corrected chi connectivity index (χ3v) is 3.41. The first-order chi connectivity index (χ1) is 8.06. The molecule has 0 radical (unpaired) electrons. The van der Waals surface area contributed by atoms with Crippen LogP contribution in [0.2, 0.25) is 0 Å². The standard InChI is InChI=1S/C13H19BrN2O/c1-4-12(15-9-13(17)16(2)3)10-7-5-6-8-11(10)14/h5-8,12,15H,4,9H2,1-3H3. The van der Waals surface area contributed by atoms with Crippen LogP contribution in [0.3, 0.4) is 0 Å². The second-order valence-corrected chi connectivity index (χ2v) is 5.01. The first-order valence-electron chi connectivity index (χ1n) is 5.74. The molecular formula is C13H19BrN2O. The van der Waals surface area contributed by atoms with Crippen LogP contribution in [-0.2, 0) is 4.79 Å². The number of hydrogen-bond acceptors (Lipinski definition) is 2. The summed E-state index contributed by atoms with van der Waals surface area (Å²) < 4.78 is 1.08. The molecule has 0 fully saturated rings. The van der Waals surface area contributed by atoms with E-state index in [-0.39, 0.29) is 11.9 Å². The Labute approximate surface area is 111 Å². The fourth-order valence-electron chi connectivity index (χ4n) is 1.60. The molecule has 1 aromatic carbocycles. The number of amides is 1. The quantitative estimate of drug-likeness (QED) is 0.906. The van der Waals surface area contributed by atoms with Crippen LogP contribution in [-0.4, -0.2) is 31.4 Å². The Morgan fingerprint density at radius 3 is 2.59 bits per heavy atom. The number of rotatable bonds is 5. The van der Waals surface area contributed by atoms with Crippen LogP contribution in [0.4, 0.5) is 0 Å². The van der Waals surface area contributed by atoms with Crippen molar-refractivity contribution in [3.63, 3.8) is 0 Å². The van der Waals surface area contributed by atoms with Crippen LogP contribution in [0.15, 0.2) is 28.7 Å². The van der Waals surface area contributed by atoms with Crippen LogP contribution >= 0.6 is 15.9 Å². The normalized spacial score (nSPS) is 12.2. The molecule has 3 nitrogen and oxygen atoms in total. The number of benzene rings is 1. The van der Waals surface area contributed by atoms with E-state index in [4.69, 9.17) is 0 Å². The van der Waals surface area contributed by atoms with Crippen LogP contribution in [0.25, 0.3) is 0 Å². The summed E-state index contributed by atoms with van der Waals surface area (Å²) >= 11 is 3.54. The molecule has 0 saturated carbocycles. The fraction of sp³-hybridized carbons (Fsp3) is 0.462. The minimum Gasteiger partial charge on any atom is -0.348 e. The third kappa shape index (κ3) is 4.13. The van der Waals surface area contributed by atoms with Crippen molar-refractivity contribution < 1.29 is 4.79 Å². The van der Waals surface area contributed by atoms with Gasteiger partial charge in [0.25, 0.3) is 0 Å². The summed E-state index contributed by atoms with van der Waals surface area (Å²) in [7, 11) is 3.53. The molecule has 0 aliphatic carbocycles. The lowest BCUT2D eigenvalue weighted by atomic mass is 10.0. The summed E-state index contributed by atoms with van der Waals surface area (Å²) in [4.78, 5) is 13.1. The van der Waals surface area contributed by atoms with Crippen molar-refractivity contribution in [3.8, 4) is 0 Å². The molecule has 1 rings (SSSR count). The minimum absolute atomic E-state index is 0.0931. The molecule has 1 aromatic rings. The zero-order chi connectivity index (χ0) is 12.8. The molecule has 1 atom stereocenters. The van der Waals surface area contributed by atoms with Gasteiger partial charge in [-0.1, -0.05) is 41.1 Å². The average Bonchev–Trinajstić information content (AvgIpc) is 2.31. The number of halogens is 1. The van der Waals surface area contributed by atoms with Gasteiger partial charge in [-0.2, -0.15) is 0 Å². The lowest BCUT2D eigenvalue weighted by molar-refractivity contribution is -0.127. The molecule has 0 aliphatic heterocycles. The Morgan fingerprint density at radius 2 is 2.06 bits per heavy atom. The SMILES string of the molecule is CCC(NCC(=O)N(C)C)c1ccccc1Br. The molecule has 0 spiro atoms. The zero-order valence-corrected chi connectivity index (χ0v) is 12.1. The van der Waals surface area contributed by atoms with Crippen LogP contribution < -0.4 is 5.32 Å². The molecular weight excluding hydrogens is 280 g/mol. The molecule has 1 unspecified atom stereocenters. The molecule has 1 N–H and O–H groups in total. The predicted octanol–water partition coefficient (Wildman–Crippen LogP) is 2.58.